The number of benzene rings is 3. The van der Waals surface area contributed by atoms with Crippen LogP contribution in [0.25, 0.3) is 5.76 Å². The van der Waals surface area contributed by atoms with Gasteiger partial charge in [-0.1, -0.05) is 67.1 Å². The number of halogens is 2. The van der Waals surface area contributed by atoms with Gasteiger partial charge in [0.1, 0.15) is 17.4 Å². The Morgan fingerprint density at radius 2 is 1.80 bits per heavy atom. The van der Waals surface area contributed by atoms with Crippen molar-refractivity contribution in [3.05, 3.63) is 101 Å². The summed E-state index contributed by atoms with van der Waals surface area (Å²) in [6, 6.07) is 15.2. The number of unbranched alkanes of at least 4 members (excludes halogenated alkanes) is 2. The van der Waals surface area contributed by atoms with E-state index in [2.05, 4.69) is 17.1 Å². The quantitative estimate of drug-likeness (QED) is 0.0431. The molecule has 228 valence electrons. The van der Waals surface area contributed by atoms with Crippen molar-refractivity contribution in [2.75, 3.05) is 18.6 Å². The van der Waals surface area contributed by atoms with Crippen LogP contribution in [0, 0.1) is 11.6 Å². The third-order valence-electron chi connectivity index (χ3n) is 6.98. The number of amides is 1. The molecule has 1 amide bonds. The van der Waals surface area contributed by atoms with Crippen LogP contribution in [0.15, 0.2) is 76.6 Å². The lowest BCUT2D eigenvalue weighted by molar-refractivity contribution is -0.132. The Hall–Kier alpha value is -4.29. The molecule has 1 N–H and O–H groups in total. The van der Waals surface area contributed by atoms with Gasteiger partial charge in [0.25, 0.3) is 5.78 Å². The summed E-state index contributed by atoms with van der Waals surface area (Å²) in [5, 5.41) is 19.8. The van der Waals surface area contributed by atoms with Crippen molar-refractivity contribution in [2.45, 2.75) is 42.3 Å². The van der Waals surface area contributed by atoms with Gasteiger partial charge in [-0.05, 0) is 60.0 Å². The van der Waals surface area contributed by atoms with E-state index in [0.717, 1.165) is 42.7 Å². The Bertz CT molecular complexity index is 1690. The van der Waals surface area contributed by atoms with Crippen LogP contribution in [-0.4, -0.2) is 40.7 Å². The van der Waals surface area contributed by atoms with E-state index in [0.29, 0.717) is 33.6 Å². The normalized spacial score (nSPS) is 16.0. The fraction of sp³-hybridized carbons (Fsp3) is 0.250. The summed E-state index contributed by atoms with van der Waals surface area (Å²) in [4.78, 5) is 28.2. The SMILES string of the molecule is CCCCCOc1ccc(C2/C(=C(/O)c3ccc(F)cc3)C(=O)C(=O)N2c2nnc(SCc3ccccc3F)s2)cc1OC. The molecule has 5 rings (SSSR count). The summed E-state index contributed by atoms with van der Waals surface area (Å²) >= 11 is 2.30. The maximum Gasteiger partial charge on any atom is 0.301 e. The Morgan fingerprint density at radius 1 is 1.02 bits per heavy atom. The number of Topliss-reactive ketones (excluding diaryl/α,β-unsaturated/α-hetero) is 1. The average molecular weight is 638 g/mol. The molecule has 8 nitrogen and oxygen atoms in total. The van der Waals surface area contributed by atoms with Gasteiger partial charge in [-0.15, -0.1) is 10.2 Å². The highest BCUT2D eigenvalue weighted by Crippen LogP contribution is 2.45. The second kappa shape index (κ2) is 14.0. The fourth-order valence-corrected chi connectivity index (χ4v) is 6.58. The number of nitrogens with zero attached hydrogens (tertiary/aromatic N) is 3. The number of carbonyl (C=O) groups excluding carboxylic acids is 2. The van der Waals surface area contributed by atoms with Gasteiger partial charge in [0.15, 0.2) is 15.8 Å². The van der Waals surface area contributed by atoms with Crippen molar-refractivity contribution in [1.29, 1.82) is 0 Å². The maximum absolute atomic E-state index is 14.1. The molecular formula is C32H29F2N3O5S2. The number of anilines is 1. The number of aliphatic hydroxyl groups excluding tert-OH is 1. The standard InChI is InChI=1S/C32H29F2N3O5S2/c1-3-4-7-16-42-24-15-12-20(17-25(24)41-2)27-26(28(38)19-10-13-22(33)14-11-19)29(39)30(40)37(27)31-35-36-32(44-31)43-18-21-8-5-6-9-23(21)34/h5-6,8-15,17,27,38H,3-4,7,16,18H2,1-2H3/b28-26-. The molecule has 1 aliphatic rings. The summed E-state index contributed by atoms with van der Waals surface area (Å²) < 4.78 is 39.7. The van der Waals surface area contributed by atoms with Crippen molar-refractivity contribution < 1.29 is 33.0 Å². The number of ketones is 1. The van der Waals surface area contributed by atoms with E-state index in [4.69, 9.17) is 9.47 Å². The minimum absolute atomic E-state index is 0.116. The van der Waals surface area contributed by atoms with Gasteiger partial charge in [0, 0.05) is 11.3 Å². The van der Waals surface area contributed by atoms with E-state index in [1.807, 2.05) is 0 Å². The third kappa shape index (κ3) is 6.61. The molecular weight excluding hydrogens is 608 g/mol. The molecule has 12 heteroatoms. The van der Waals surface area contributed by atoms with Crippen molar-refractivity contribution in [2.24, 2.45) is 0 Å². The first-order valence-corrected chi connectivity index (χ1v) is 15.7. The summed E-state index contributed by atoms with van der Waals surface area (Å²) in [6.45, 7) is 2.59. The van der Waals surface area contributed by atoms with Gasteiger partial charge < -0.3 is 14.6 Å². The van der Waals surface area contributed by atoms with Gasteiger partial charge in [-0.25, -0.2) is 8.78 Å². The molecule has 0 radical (unpaired) electrons. The second-order valence-electron chi connectivity index (χ2n) is 9.87. The molecule has 0 aliphatic carbocycles. The predicted octanol–water partition coefficient (Wildman–Crippen LogP) is 7.31. The maximum atomic E-state index is 14.1. The van der Waals surface area contributed by atoms with Crippen molar-refractivity contribution in [3.8, 4) is 11.5 Å². The molecule has 2 heterocycles. The highest BCUT2D eigenvalue weighted by Gasteiger charge is 2.48. The molecule has 0 bridgehead atoms. The number of aromatic nitrogens is 2. The predicted molar refractivity (Wildman–Crippen MR) is 165 cm³/mol. The minimum atomic E-state index is -1.11. The van der Waals surface area contributed by atoms with Crippen LogP contribution >= 0.6 is 23.1 Å². The van der Waals surface area contributed by atoms with Crippen LogP contribution in [0.1, 0.15) is 48.9 Å². The topological polar surface area (TPSA) is 102 Å². The number of carbonyl (C=O) groups is 2. The van der Waals surface area contributed by atoms with E-state index in [1.54, 1.807) is 36.4 Å². The molecule has 1 unspecified atom stereocenters. The fourth-order valence-electron chi connectivity index (χ4n) is 4.73. The highest BCUT2D eigenvalue weighted by molar-refractivity contribution is 8.00. The number of ether oxygens (including phenoxy) is 2. The first-order chi connectivity index (χ1) is 21.3. The minimum Gasteiger partial charge on any atom is -0.507 e. The average Bonchev–Trinajstić information content (AvgIpc) is 3.60. The van der Waals surface area contributed by atoms with Gasteiger partial charge in [0.05, 0.1) is 25.3 Å². The van der Waals surface area contributed by atoms with Gasteiger partial charge in [-0.3, -0.25) is 14.5 Å². The van der Waals surface area contributed by atoms with Crippen molar-refractivity contribution >= 4 is 45.7 Å². The second-order valence-corrected chi connectivity index (χ2v) is 12.1. The largest absolute Gasteiger partial charge is 0.507 e. The number of methoxy groups -OCH3 is 1. The number of aliphatic hydroxyl groups is 1. The Balaban J connectivity index is 1.54. The Morgan fingerprint density at radius 3 is 2.52 bits per heavy atom. The smallest absolute Gasteiger partial charge is 0.301 e. The van der Waals surface area contributed by atoms with Crippen LogP contribution in [0.5, 0.6) is 11.5 Å². The van der Waals surface area contributed by atoms with E-state index in [9.17, 15) is 23.5 Å². The molecule has 1 saturated heterocycles. The lowest BCUT2D eigenvalue weighted by Crippen LogP contribution is -2.29. The number of hydrogen-bond acceptors (Lipinski definition) is 9. The first-order valence-electron chi connectivity index (χ1n) is 13.9. The molecule has 1 aromatic heterocycles. The van der Waals surface area contributed by atoms with Crippen molar-refractivity contribution in [1.82, 2.24) is 10.2 Å². The van der Waals surface area contributed by atoms with Crippen LogP contribution in [0.4, 0.5) is 13.9 Å². The van der Waals surface area contributed by atoms with Crippen LogP contribution < -0.4 is 14.4 Å². The molecule has 0 saturated carbocycles. The zero-order valence-corrected chi connectivity index (χ0v) is 25.6. The number of thioether (sulfide) groups is 1. The monoisotopic (exact) mass is 637 g/mol. The molecule has 44 heavy (non-hydrogen) atoms. The molecule has 1 aliphatic heterocycles. The number of rotatable bonds is 12. The van der Waals surface area contributed by atoms with Crippen LogP contribution in [-0.2, 0) is 15.3 Å². The Kier molecular flexibility index (Phi) is 9.91. The van der Waals surface area contributed by atoms with E-state index in [-0.39, 0.29) is 27.8 Å². The van der Waals surface area contributed by atoms with Crippen molar-refractivity contribution in [3.63, 3.8) is 0 Å². The zero-order chi connectivity index (χ0) is 31.2. The van der Waals surface area contributed by atoms with E-state index in [1.165, 1.54) is 42.0 Å². The van der Waals surface area contributed by atoms with Crippen LogP contribution in [0.2, 0.25) is 0 Å². The Labute approximate surface area is 261 Å². The van der Waals surface area contributed by atoms with Gasteiger partial charge in [0.2, 0.25) is 5.13 Å². The lowest BCUT2D eigenvalue weighted by Gasteiger charge is -2.23. The van der Waals surface area contributed by atoms with Gasteiger partial charge >= 0.3 is 5.91 Å². The summed E-state index contributed by atoms with van der Waals surface area (Å²) in [6.07, 6.45) is 2.93. The highest BCUT2D eigenvalue weighted by atomic mass is 32.2. The lowest BCUT2D eigenvalue weighted by atomic mass is 9.95. The molecule has 3 aromatic carbocycles. The summed E-state index contributed by atoms with van der Waals surface area (Å²) in [7, 11) is 1.48. The van der Waals surface area contributed by atoms with E-state index < -0.39 is 29.3 Å². The summed E-state index contributed by atoms with van der Waals surface area (Å²) in [5.41, 5.74) is 0.895. The zero-order valence-electron chi connectivity index (χ0n) is 24.0. The summed E-state index contributed by atoms with van der Waals surface area (Å²) in [5.74, 6) is -2.03. The third-order valence-corrected chi connectivity index (χ3v) is 9.09. The van der Waals surface area contributed by atoms with E-state index >= 15 is 0 Å². The molecule has 1 atom stereocenters. The number of hydrogen-bond donors (Lipinski definition) is 1. The molecule has 1 fully saturated rings. The molecule has 0 spiro atoms. The van der Waals surface area contributed by atoms with Crippen LogP contribution in [0.3, 0.4) is 0 Å². The van der Waals surface area contributed by atoms with Gasteiger partial charge in [-0.2, -0.15) is 0 Å². The molecule has 4 aromatic rings. The first kappa shape index (κ1) is 31.1.